The van der Waals surface area contributed by atoms with Gasteiger partial charge in [-0.3, -0.25) is 0 Å². The van der Waals surface area contributed by atoms with Crippen molar-refractivity contribution in [3.63, 3.8) is 0 Å². The van der Waals surface area contributed by atoms with Crippen LogP contribution in [0, 0.1) is 12.8 Å². The Bertz CT molecular complexity index is 351. The SMILES string of the molecule is CCC(C)CC(CC)NCCOc1cccc(C)c1. The summed E-state index contributed by atoms with van der Waals surface area (Å²) in [4.78, 5) is 0. The monoisotopic (exact) mass is 263 g/mol. The van der Waals surface area contributed by atoms with E-state index in [2.05, 4.69) is 45.1 Å². The maximum Gasteiger partial charge on any atom is 0.119 e. The van der Waals surface area contributed by atoms with Crippen LogP contribution in [0.1, 0.15) is 45.6 Å². The topological polar surface area (TPSA) is 21.3 Å². The highest BCUT2D eigenvalue weighted by atomic mass is 16.5. The Kier molecular flexibility index (Phi) is 7.57. The Labute approximate surface area is 118 Å². The van der Waals surface area contributed by atoms with Crippen LogP contribution in [-0.4, -0.2) is 19.2 Å². The van der Waals surface area contributed by atoms with E-state index < -0.39 is 0 Å². The molecular weight excluding hydrogens is 234 g/mol. The van der Waals surface area contributed by atoms with Gasteiger partial charge in [-0.05, 0) is 43.4 Å². The number of aryl methyl sites for hydroxylation is 1. The predicted molar refractivity (Wildman–Crippen MR) is 82.8 cm³/mol. The van der Waals surface area contributed by atoms with Crippen LogP contribution < -0.4 is 10.1 Å². The average Bonchev–Trinajstić information content (AvgIpc) is 2.42. The second-order valence-electron chi connectivity index (χ2n) is 5.47. The van der Waals surface area contributed by atoms with Crippen molar-refractivity contribution in [3.05, 3.63) is 29.8 Å². The average molecular weight is 263 g/mol. The van der Waals surface area contributed by atoms with Gasteiger partial charge in [-0.1, -0.05) is 39.3 Å². The second-order valence-corrected chi connectivity index (χ2v) is 5.47. The first-order chi connectivity index (χ1) is 9.15. The summed E-state index contributed by atoms with van der Waals surface area (Å²) in [6.45, 7) is 10.6. The first-order valence-corrected chi connectivity index (χ1v) is 7.58. The maximum absolute atomic E-state index is 5.75. The molecule has 0 bridgehead atoms. The van der Waals surface area contributed by atoms with E-state index in [0.29, 0.717) is 6.04 Å². The van der Waals surface area contributed by atoms with E-state index in [-0.39, 0.29) is 0 Å². The largest absolute Gasteiger partial charge is 0.492 e. The van der Waals surface area contributed by atoms with Crippen molar-refractivity contribution >= 4 is 0 Å². The van der Waals surface area contributed by atoms with Gasteiger partial charge in [0.1, 0.15) is 12.4 Å². The number of hydrogen-bond donors (Lipinski definition) is 1. The van der Waals surface area contributed by atoms with Gasteiger partial charge >= 0.3 is 0 Å². The molecule has 1 rings (SSSR count). The molecule has 108 valence electrons. The molecule has 0 amide bonds. The zero-order valence-electron chi connectivity index (χ0n) is 12.9. The van der Waals surface area contributed by atoms with Gasteiger partial charge in [-0.25, -0.2) is 0 Å². The summed E-state index contributed by atoms with van der Waals surface area (Å²) in [5.74, 6) is 1.77. The van der Waals surface area contributed by atoms with E-state index in [1.165, 1.54) is 24.8 Å². The molecule has 0 saturated carbocycles. The zero-order chi connectivity index (χ0) is 14.1. The number of benzene rings is 1. The molecule has 2 atom stereocenters. The quantitative estimate of drug-likeness (QED) is 0.675. The van der Waals surface area contributed by atoms with E-state index >= 15 is 0 Å². The lowest BCUT2D eigenvalue weighted by Gasteiger charge is -2.20. The van der Waals surface area contributed by atoms with E-state index in [0.717, 1.165) is 24.8 Å². The highest BCUT2D eigenvalue weighted by molar-refractivity contribution is 5.27. The Balaban J connectivity index is 2.22. The maximum atomic E-state index is 5.75. The lowest BCUT2D eigenvalue weighted by molar-refractivity contribution is 0.293. The molecule has 2 heteroatoms. The molecule has 0 spiro atoms. The fraction of sp³-hybridized carbons (Fsp3) is 0.647. The third-order valence-corrected chi connectivity index (χ3v) is 3.67. The molecule has 0 radical (unpaired) electrons. The van der Waals surface area contributed by atoms with E-state index in [4.69, 9.17) is 4.74 Å². The first kappa shape index (κ1) is 16.0. The van der Waals surface area contributed by atoms with Gasteiger partial charge < -0.3 is 10.1 Å². The minimum Gasteiger partial charge on any atom is -0.492 e. The van der Waals surface area contributed by atoms with Gasteiger partial charge in [-0.15, -0.1) is 0 Å². The number of ether oxygens (including phenoxy) is 1. The minimum atomic E-state index is 0.621. The highest BCUT2D eigenvalue weighted by Gasteiger charge is 2.09. The molecule has 19 heavy (non-hydrogen) atoms. The predicted octanol–water partition coefficient (Wildman–Crippen LogP) is 4.18. The van der Waals surface area contributed by atoms with E-state index in [9.17, 15) is 0 Å². The lowest BCUT2D eigenvalue weighted by Crippen LogP contribution is -2.33. The summed E-state index contributed by atoms with van der Waals surface area (Å²) in [7, 11) is 0. The summed E-state index contributed by atoms with van der Waals surface area (Å²) in [5.41, 5.74) is 1.24. The van der Waals surface area contributed by atoms with Gasteiger partial charge in [0, 0.05) is 12.6 Å². The lowest BCUT2D eigenvalue weighted by atomic mass is 9.98. The molecule has 1 N–H and O–H groups in total. The van der Waals surface area contributed by atoms with Crippen molar-refractivity contribution < 1.29 is 4.74 Å². The van der Waals surface area contributed by atoms with Crippen molar-refractivity contribution in [2.75, 3.05) is 13.2 Å². The first-order valence-electron chi connectivity index (χ1n) is 7.58. The molecule has 0 aliphatic heterocycles. The van der Waals surface area contributed by atoms with Crippen molar-refractivity contribution in [3.8, 4) is 5.75 Å². The van der Waals surface area contributed by atoms with Gasteiger partial charge in [0.15, 0.2) is 0 Å². The summed E-state index contributed by atoms with van der Waals surface area (Å²) in [6.07, 6.45) is 3.71. The summed E-state index contributed by atoms with van der Waals surface area (Å²) < 4.78 is 5.75. The second kappa shape index (κ2) is 8.98. The Morgan fingerprint density at radius 2 is 2.00 bits per heavy atom. The molecule has 0 aliphatic carbocycles. The number of nitrogens with one attached hydrogen (secondary N) is 1. The smallest absolute Gasteiger partial charge is 0.119 e. The van der Waals surface area contributed by atoms with Gasteiger partial charge in [0.25, 0.3) is 0 Å². The molecular formula is C17H29NO. The minimum absolute atomic E-state index is 0.621. The molecule has 0 heterocycles. The third kappa shape index (κ3) is 6.63. The molecule has 0 saturated heterocycles. The van der Waals surface area contributed by atoms with Gasteiger partial charge in [0.2, 0.25) is 0 Å². The zero-order valence-corrected chi connectivity index (χ0v) is 12.9. The van der Waals surface area contributed by atoms with Crippen LogP contribution in [-0.2, 0) is 0 Å². The van der Waals surface area contributed by atoms with Crippen LogP contribution >= 0.6 is 0 Å². The Morgan fingerprint density at radius 3 is 2.63 bits per heavy atom. The van der Waals surface area contributed by atoms with E-state index in [1.807, 2.05) is 12.1 Å². The number of hydrogen-bond acceptors (Lipinski definition) is 2. The standard InChI is InChI=1S/C17H29NO/c1-5-14(3)12-16(6-2)18-10-11-19-17-9-7-8-15(4)13-17/h7-9,13-14,16,18H,5-6,10-12H2,1-4H3. The van der Waals surface area contributed by atoms with E-state index in [1.54, 1.807) is 0 Å². The third-order valence-electron chi connectivity index (χ3n) is 3.67. The molecule has 0 aliphatic rings. The highest BCUT2D eigenvalue weighted by Crippen LogP contribution is 2.13. The van der Waals surface area contributed by atoms with Gasteiger partial charge in [-0.2, -0.15) is 0 Å². The Morgan fingerprint density at radius 1 is 1.21 bits per heavy atom. The molecule has 2 nitrogen and oxygen atoms in total. The van der Waals surface area contributed by atoms with Crippen molar-refractivity contribution in [2.45, 2.75) is 53.0 Å². The molecule has 0 aromatic heterocycles. The van der Waals surface area contributed by atoms with Crippen molar-refractivity contribution in [1.29, 1.82) is 0 Å². The van der Waals surface area contributed by atoms with Crippen LogP contribution in [0.5, 0.6) is 5.75 Å². The normalized spacial score (nSPS) is 14.1. The molecule has 1 aromatic rings. The molecule has 0 fully saturated rings. The van der Waals surface area contributed by atoms with Crippen LogP contribution in [0.4, 0.5) is 0 Å². The Hall–Kier alpha value is -1.02. The van der Waals surface area contributed by atoms with Crippen molar-refractivity contribution in [1.82, 2.24) is 5.32 Å². The van der Waals surface area contributed by atoms with Crippen LogP contribution in [0.25, 0.3) is 0 Å². The summed E-state index contributed by atoms with van der Waals surface area (Å²) in [6, 6.07) is 8.84. The fourth-order valence-electron chi connectivity index (χ4n) is 2.18. The summed E-state index contributed by atoms with van der Waals surface area (Å²) in [5, 5.41) is 3.59. The summed E-state index contributed by atoms with van der Waals surface area (Å²) >= 11 is 0. The van der Waals surface area contributed by atoms with Gasteiger partial charge in [0.05, 0.1) is 0 Å². The van der Waals surface area contributed by atoms with Crippen LogP contribution in [0.3, 0.4) is 0 Å². The molecule has 2 unspecified atom stereocenters. The van der Waals surface area contributed by atoms with Crippen LogP contribution in [0.2, 0.25) is 0 Å². The number of rotatable bonds is 9. The van der Waals surface area contributed by atoms with Crippen LogP contribution in [0.15, 0.2) is 24.3 Å². The molecule has 1 aromatic carbocycles. The fourth-order valence-corrected chi connectivity index (χ4v) is 2.18. The van der Waals surface area contributed by atoms with Crippen molar-refractivity contribution in [2.24, 2.45) is 5.92 Å².